The van der Waals surface area contributed by atoms with Gasteiger partial charge in [0.25, 0.3) is 0 Å². The van der Waals surface area contributed by atoms with Crippen molar-refractivity contribution in [3.05, 3.63) is 0 Å². The fraction of sp³-hybridized carbons (Fsp3) is 0.833. The molecule has 2 N–H and O–H groups in total. The number of ether oxygens (including phenoxy) is 1. The number of rotatable bonds is 0. The van der Waals surface area contributed by atoms with Crippen molar-refractivity contribution in [2.45, 2.75) is 18.5 Å². The average molecular weight is 142 g/mol. The molecule has 56 valence electrons. The van der Waals surface area contributed by atoms with Crippen LogP contribution in [0.4, 0.5) is 4.79 Å². The lowest BCUT2D eigenvalue weighted by molar-refractivity contribution is 0.158. The highest BCUT2D eigenvalue weighted by Gasteiger charge is 2.39. The maximum Gasteiger partial charge on any atom is 0.410 e. The van der Waals surface area contributed by atoms with Crippen molar-refractivity contribution in [1.29, 1.82) is 0 Å². The van der Waals surface area contributed by atoms with E-state index in [1.165, 1.54) is 0 Å². The maximum atomic E-state index is 10.8. The second-order valence-electron chi connectivity index (χ2n) is 2.88. The van der Waals surface area contributed by atoms with Crippen molar-refractivity contribution >= 4 is 6.09 Å². The Morgan fingerprint density at radius 2 is 2.50 bits per heavy atom. The fourth-order valence-corrected chi connectivity index (χ4v) is 1.58. The van der Waals surface area contributed by atoms with Crippen LogP contribution >= 0.6 is 0 Å². The van der Waals surface area contributed by atoms with Gasteiger partial charge in [0.05, 0.1) is 6.04 Å². The van der Waals surface area contributed by atoms with E-state index in [1.54, 1.807) is 4.90 Å². The lowest BCUT2D eigenvalue weighted by atomic mass is 10.2. The van der Waals surface area contributed by atoms with Crippen molar-refractivity contribution in [2.24, 2.45) is 5.73 Å². The van der Waals surface area contributed by atoms with Gasteiger partial charge in [0.2, 0.25) is 0 Å². The van der Waals surface area contributed by atoms with Crippen LogP contribution in [0.2, 0.25) is 0 Å². The normalized spacial score (nSPS) is 38.1. The second-order valence-corrected chi connectivity index (χ2v) is 2.88. The molecule has 0 aromatic carbocycles. The average Bonchev–Trinajstić information content (AvgIpc) is 2.35. The smallest absolute Gasteiger partial charge is 0.410 e. The van der Waals surface area contributed by atoms with Crippen LogP contribution in [-0.2, 0) is 4.74 Å². The highest BCUT2D eigenvalue weighted by Crippen LogP contribution is 2.22. The molecule has 2 aliphatic heterocycles. The predicted molar refractivity (Wildman–Crippen MR) is 34.4 cm³/mol. The van der Waals surface area contributed by atoms with E-state index in [-0.39, 0.29) is 18.2 Å². The molecule has 2 rings (SSSR count). The van der Waals surface area contributed by atoms with E-state index < -0.39 is 0 Å². The number of cyclic esters (lactones) is 1. The van der Waals surface area contributed by atoms with Crippen LogP contribution in [0.3, 0.4) is 0 Å². The number of nitrogens with two attached hydrogens (primary N) is 1. The third kappa shape index (κ3) is 0.686. The topological polar surface area (TPSA) is 55.6 Å². The zero-order chi connectivity index (χ0) is 7.14. The summed E-state index contributed by atoms with van der Waals surface area (Å²) in [5.41, 5.74) is 5.64. The lowest BCUT2D eigenvalue weighted by Gasteiger charge is -2.08. The third-order valence-corrected chi connectivity index (χ3v) is 2.08. The van der Waals surface area contributed by atoms with E-state index in [2.05, 4.69) is 0 Å². The minimum Gasteiger partial charge on any atom is -0.447 e. The summed E-state index contributed by atoms with van der Waals surface area (Å²) in [6.07, 6.45) is 0.698. The minimum absolute atomic E-state index is 0.165. The Kier molecular flexibility index (Phi) is 1.11. The highest BCUT2D eigenvalue weighted by atomic mass is 16.6. The molecule has 2 saturated heterocycles. The standard InChI is InChI=1S/C6H10N2O2/c7-4-1-5-3-10-6(9)8(5)2-4/h4-5H,1-3,7H2/t4?,5-/m0/s1. The number of amides is 1. The molecule has 1 amide bonds. The lowest BCUT2D eigenvalue weighted by Crippen LogP contribution is -2.29. The van der Waals surface area contributed by atoms with E-state index in [4.69, 9.17) is 10.5 Å². The second kappa shape index (κ2) is 1.85. The SMILES string of the molecule is NC1C[C@H]2COC(=O)N2C1. The molecule has 0 radical (unpaired) electrons. The van der Waals surface area contributed by atoms with Crippen LogP contribution < -0.4 is 5.73 Å². The van der Waals surface area contributed by atoms with Crippen LogP contribution in [-0.4, -0.2) is 36.2 Å². The fourth-order valence-electron chi connectivity index (χ4n) is 1.58. The summed E-state index contributed by atoms with van der Waals surface area (Å²) in [6, 6.07) is 0.431. The molecule has 1 unspecified atom stereocenters. The monoisotopic (exact) mass is 142 g/mol. The van der Waals surface area contributed by atoms with Crippen molar-refractivity contribution in [3.8, 4) is 0 Å². The Balaban J connectivity index is 2.12. The molecule has 0 bridgehead atoms. The molecular formula is C6H10N2O2. The number of fused-ring (bicyclic) bond motifs is 1. The van der Waals surface area contributed by atoms with Crippen LogP contribution in [0.1, 0.15) is 6.42 Å². The molecule has 0 spiro atoms. The molecule has 2 aliphatic rings. The Morgan fingerprint density at radius 3 is 3.20 bits per heavy atom. The molecule has 2 atom stereocenters. The largest absolute Gasteiger partial charge is 0.447 e. The van der Waals surface area contributed by atoms with Gasteiger partial charge in [0, 0.05) is 12.6 Å². The van der Waals surface area contributed by atoms with Gasteiger partial charge in [0.1, 0.15) is 6.61 Å². The van der Waals surface area contributed by atoms with Gasteiger partial charge in [0.15, 0.2) is 0 Å². The van der Waals surface area contributed by atoms with E-state index in [0.717, 1.165) is 6.42 Å². The molecule has 4 nitrogen and oxygen atoms in total. The van der Waals surface area contributed by atoms with Gasteiger partial charge >= 0.3 is 6.09 Å². The first kappa shape index (κ1) is 5.97. The van der Waals surface area contributed by atoms with Crippen LogP contribution in [0.25, 0.3) is 0 Å². The maximum absolute atomic E-state index is 10.8. The van der Waals surface area contributed by atoms with Gasteiger partial charge in [-0.2, -0.15) is 0 Å². The van der Waals surface area contributed by atoms with E-state index in [9.17, 15) is 4.79 Å². The molecule has 0 saturated carbocycles. The van der Waals surface area contributed by atoms with Gasteiger partial charge in [-0.1, -0.05) is 0 Å². The van der Waals surface area contributed by atoms with Gasteiger partial charge in [-0.25, -0.2) is 4.79 Å². The first-order valence-corrected chi connectivity index (χ1v) is 3.46. The van der Waals surface area contributed by atoms with Gasteiger partial charge in [-0.05, 0) is 6.42 Å². The highest BCUT2D eigenvalue weighted by molar-refractivity contribution is 5.70. The molecule has 4 heteroatoms. The summed E-state index contributed by atoms with van der Waals surface area (Å²) >= 11 is 0. The summed E-state index contributed by atoms with van der Waals surface area (Å²) in [6.45, 7) is 1.20. The number of hydrogen-bond acceptors (Lipinski definition) is 3. The predicted octanol–water partition coefficient (Wildman–Crippen LogP) is -0.462. The van der Waals surface area contributed by atoms with Crippen molar-refractivity contribution in [3.63, 3.8) is 0 Å². The Bertz CT molecular complexity index is 171. The van der Waals surface area contributed by atoms with Crippen molar-refractivity contribution in [2.75, 3.05) is 13.2 Å². The summed E-state index contributed by atoms with van der Waals surface area (Å²) in [4.78, 5) is 12.6. The van der Waals surface area contributed by atoms with E-state index >= 15 is 0 Å². The zero-order valence-corrected chi connectivity index (χ0v) is 5.62. The molecule has 2 fully saturated rings. The van der Waals surface area contributed by atoms with Gasteiger partial charge in [-0.15, -0.1) is 0 Å². The summed E-state index contributed by atoms with van der Waals surface area (Å²) in [5.74, 6) is 0. The van der Waals surface area contributed by atoms with E-state index in [1.807, 2.05) is 0 Å². The minimum atomic E-state index is -0.196. The van der Waals surface area contributed by atoms with Crippen LogP contribution in [0.15, 0.2) is 0 Å². The first-order chi connectivity index (χ1) is 4.77. The molecular weight excluding hydrogens is 132 g/mol. The Morgan fingerprint density at radius 1 is 1.70 bits per heavy atom. The van der Waals surface area contributed by atoms with E-state index in [0.29, 0.717) is 13.2 Å². The number of carbonyl (C=O) groups excluding carboxylic acids is 1. The first-order valence-electron chi connectivity index (χ1n) is 3.46. The quantitative estimate of drug-likeness (QED) is 0.498. The number of carbonyl (C=O) groups is 1. The van der Waals surface area contributed by atoms with Crippen molar-refractivity contribution in [1.82, 2.24) is 4.90 Å². The molecule has 0 aromatic heterocycles. The zero-order valence-electron chi connectivity index (χ0n) is 5.62. The molecule has 0 aliphatic carbocycles. The molecule has 10 heavy (non-hydrogen) atoms. The summed E-state index contributed by atoms with van der Waals surface area (Å²) < 4.78 is 4.80. The van der Waals surface area contributed by atoms with Gasteiger partial charge in [-0.3, -0.25) is 0 Å². The molecule has 0 aromatic rings. The van der Waals surface area contributed by atoms with Crippen LogP contribution in [0, 0.1) is 0 Å². The summed E-state index contributed by atoms with van der Waals surface area (Å²) in [7, 11) is 0. The Labute approximate surface area is 58.9 Å². The van der Waals surface area contributed by atoms with Gasteiger partial charge < -0.3 is 15.4 Å². The summed E-state index contributed by atoms with van der Waals surface area (Å²) in [5, 5.41) is 0. The van der Waals surface area contributed by atoms with Crippen LogP contribution in [0.5, 0.6) is 0 Å². The Hall–Kier alpha value is -0.770. The number of hydrogen-bond donors (Lipinski definition) is 1. The van der Waals surface area contributed by atoms with Crippen molar-refractivity contribution < 1.29 is 9.53 Å². The number of nitrogens with zero attached hydrogens (tertiary/aromatic N) is 1. The third-order valence-electron chi connectivity index (χ3n) is 2.08. The molecule has 2 heterocycles.